The van der Waals surface area contributed by atoms with Crippen molar-refractivity contribution in [2.75, 3.05) is 21.3 Å². The molecule has 0 saturated carbocycles. The molecule has 100 valence electrons. The maximum absolute atomic E-state index is 11.6. The van der Waals surface area contributed by atoms with Crippen LogP contribution in [0, 0.1) is 5.92 Å². The van der Waals surface area contributed by atoms with Crippen LogP contribution in [0.3, 0.4) is 0 Å². The average Bonchev–Trinajstić information content (AvgIpc) is 2.39. The third-order valence-corrected chi connectivity index (χ3v) is 2.67. The first kappa shape index (κ1) is 14.3. The molecule has 1 N–H and O–H groups in total. The lowest BCUT2D eigenvalue weighted by Gasteiger charge is -2.14. The molecule has 5 heteroatoms. The number of hydroxylamine groups is 1. The van der Waals surface area contributed by atoms with E-state index in [9.17, 15) is 4.79 Å². The Hall–Kier alpha value is -1.75. The number of benzene rings is 1. The van der Waals surface area contributed by atoms with Gasteiger partial charge >= 0.3 is 0 Å². The predicted octanol–water partition coefficient (Wildman–Crippen LogP) is 1.56. The second-order valence-corrected chi connectivity index (χ2v) is 3.95. The van der Waals surface area contributed by atoms with E-state index in [0.29, 0.717) is 12.2 Å². The van der Waals surface area contributed by atoms with Gasteiger partial charge in [-0.1, -0.05) is 13.0 Å². The number of hydrogen-bond donors (Lipinski definition) is 1. The number of amides is 1. The van der Waals surface area contributed by atoms with Crippen LogP contribution in [0.1, 0.15) is 12.5 Å². The van der Waals surface area contributed by atoms with Crippen LogP contribution in [0.5, 0.6) is 11.5 Å². The van der Waals surface area contributed by atoms with E-state index in [0.717, 1.165) is 11.3 Å². The Kier molecular flexibility index (Phi) is 5.45. The second kappa shape index (κ2) is 6.86. The van der Waals surface area contributed by atoms with Gasteiger partial charge in [0.25, 0.3) is 0 Å². The van der Waals surface area contributed by atoms with Gasteiger partial charge < -0.3 is 9.47 Å². The molecule has 0 radical (unpaired) electrons. The molecule has 0 spiro atoms. The Morgan fingerprint density at radius 3 is 2.56 bits per heavy atom. The van der Waals surface area contributed by atoms with Gasteiger partial charge in [-0.25, -0.2) is 5.48 Å². The van der Waals surface area contributed by atoms with E-state index < -0.39 is 0 Å². The van der Waals surface area contributed by atoms with Crippen molar-refractivity contribution in [2.45, 2.75) is 13.3 Å². The summed E-state index contributed by atoms with van der Waals surface area (Å²) in [5.74, 6) is 1.08. The molecule has 1 aromatic carbocycles. The summed E-state index contributed by atoms with van der Waals surface area (Å²) in [7, 11) is 4.61. The van der Waals surface area contributed by atoms with Crippen molar-refractivity contribution in [2.24, 2.45) is 5.92 Å². The first-order chi connectivity index (χ1) is 8.62. The minimum Gasteiger partial charge on any atom is -0.497 e. The zero-order valence-electron chi connectivity index (χ0n) is 11.1. The van der Waals surface area contributed by atoms with E-state index in [-0.39, 0.29) is 11.8 Å². The van der Waals surface area contributed by atoms with Gasteiger partial charge in [0.2, 0.25) is 5.91 Å². The SMILES string of the molecule is CONC(=O)[C@@H](C)Cc1ccc(OC)cc1OC. The average molecular weight is 253 g/mol. The van der Waals surface area contributed by atoms with E-state index in [1.165, 1.54) is 7.11 Å². The number of carbonyl (C=O) groups excluding carboxylic acids is 1. The van der Waals surface area contributed by atoms with Gasteiger partial charge in [0.15, 0.2) is 0 Å². The maximum atomic E-state index is 11.6. The van der Waals surface area contributed by atoms with E-state index >= 15 is 0 Å². The Labute approximate surface area is 107 Å². The molecule has 0 fully saturated rings. The Bertz CT molecular complexity index is 406. The van der Waals surface area contributed by atoms with Crippen molar-refractivity contribution in [3.63, 3.8) is 0 Å². The minimum absolute atomic E-state index is 0.157. The zero-order valence-corrected chi connectivity index (χ0v) is 11.1. The van der Waals surface area contributed by atoms with Gasteiger partial charge in [0.05, 0.1) is 21.3 Å². The molecule has 1 rings (SSSR count). The topological polar surface area (TPSA) is 56.8 Å². The molecule has 1 aromatic rings. The number of hydrogen-bond acceptors (Lipinski definition) is 4. The highest BCUT2D eigenvalue weighted by Crippen LogP contribution is 2.26. The summed E-state index contributed by atoms with van der Waals surface area (Å²) < 4.78 is 10.4. The van der Waals surface area contributed by atoms with Crippen LogP contribution < -0.4 is 15.0 Å². The lowest BCUT2D eigenvalue weighted by molar-refractivity contribution is -0.134. The van der Waals surface area contributed by atoms with E-state index in [1.54, 1.807) is 20.3 Å². The van der Waals surface area contributed by atoms with Crippen molar-refractivity contribution >= 4 is 5.91 Å². The molecule has 0 heterocycles. The van der Waals surface area contributed by atoms with Gasteiger partial charge in [-0.05, 0) is 18.1 Å². The second-order valence-electron chi connectivity index (χ2n) is 3.95. The molecule has 0 aliphatic heterocycles. The number of methoxy groups -OCH3 is 2. The van der Waals surface area contributed by atoms with Gasteiger partial charge in [0.1, 0.15) is 11.5 Å². The standard InChI is InChI=1S/C13H19NO4/c1-9(13(15)14-18-4)7-10-5-6-11(16-2)8-12(10)17-3/h5-6,8-9H,7H2,1-4H3,(H,14,15)/t9-/m0/s1. The molecule has 1 atom stereocenters. The predicted molar refractivity (Wildman–Crippen MR) is 67.6 cm³/mol. The van der Waals surface area contributed by atoms with Gasteiger partial charge in [-0.3, -0.25) is 9.63 Å². The molecule has 0 unspecified atom stereocenters. The van der Waals surface area contributed by atoms with E-state index in [4.69, 9.17) is 9.47 Å². The van der Waals surface area contributed by atoms with Crippen molar-refractivity contribution in [1.82, 2.24) is 5.48 Å². The monoisotopic (exact) mass is 253 g/mol. The fourth-order valence-electron chi connectivity index (χ4n) is 1.64. The van der Waals surface area contributed by atoms with E-state index in [2.05, 4.69) is 10.3 Å². The Balaban J connectivity index is 2.80. The van der Waals surface area contributed by atoms with Gasteiger partial charge in [-0.15, -0.1) is 0 Å². The normalized spacial score (nSPS) is 11.8. The summed E-state index contributed by atoms with van der Waals surface area (Å²) in [6, 6.07) is 5.54. The number of carbonyl (C=O) groups is 1. The third-order valence-electron chi connectivity index (χ3n) is 2.67. The van der Waals surface area contributed by atoms with Crippen LogP contribution in [0.25, 0.3) is 0 Å². The van der Waals surface area contributed by atoms with Crippen molar-refractivity contribution in [3.8, 4) is 11.5 Å². The fourth-order valence-corrected chi connectivity index (χ4v) is 1.64. The summed E-state index contributed by atoms with van der Waals surface area (Å²) in [4.78, 5) is 16.2. The smallest absolute Gasteiger partial charge is 0.246 e. The van der Waals surface area contributed by atoms with Crippen LogP contribution in [0.15, 0.2) is 18.2 Å². The first-order valence-corrected chi connectivity index (χ1v) is 5.66. The van der Waals surface area contributed by atoms with Crippen LogP contribution in [0.4, 0.5) is 0 Å². The number of ether oxygens (including phenoxy) is 2. The summed E-state index contributed by atoms with van der Waals surface area (Å²) in [6.07, 6.45) is 0.572. The maximum Gasteiger partial charge on any atom is 0.246 e. The first-order valence-electron chi connectivity index (χ1n) is 5.66. The molecule has 0 aromatic heterocycles. The highest BCUT2D eigenvalue weighted by molar-refractivity contribution is 5.77. The number of nitrogens with one attached hydrogen (secondary N) is 1. The van der Waals surface area contributed by atoms with Crippen LogP contribution in [0.2, 0.25) is 0 Å². The van der Waals surface area contributed by atoms with Crippen LogP contribution >= 0.6 is 0 Å². The molecule has 1 amide bonds. The highest BCUT2D eigenvalue weighted by Gasteiger charge is 2.16. The number of rotatable bonds is 6. The summed E-state index contributed by atoms with van der Waals surface area (Å²) >= 11 is 0. The molecule has 0 aliphatic carbocycles. The largest absolute Gasteiger partial charge is 0.497 e. The van der Waals surface area contributed by atoms with Gasteiger partial charge in [-0.2, -0.15) is 0 Å². The summed E-state index contributed by atoms with van der Waals surface area (Å²) in [5, 5.41) is 0. The molecule has 18 heavy (non-hydrogen) atoms. The van der Waals surface area contributed by atoms with Crippen LogP contribution in [-0.2, 0) is 16.1 Å². The molecule has 5 nitrogen and oxygen atoms in total. The van der Waals surface area contributed by atoms with Crippen molar-refractivity contribution < 1.29 is 19.1 Å². The Morgan fingerprint density at radius 1 is 1.28 bits per heavy atom. The minimum atomic E-state index is -0.202. The van der Waals surface area contributed by atoms with Crippen LogP contribution in [-0.4, -0.2) is 27.2 Å². The molecular formula is C13H19NO4. The zero-order chi connectivity index (χ0) is 13.5. The lowest BCUT2D eigenvalue weighted by atomic mass is 9.99. The van der Waals surface area contributed by atoms with Crippen molar-refractivity contribution in [1.29, 1.82) is 0 Å². The summed E-state index contributed by atoms with van der Waals surface area (Å²) in [6.45, 7) is 1.83. The highest BCUT2D eigenvalue weighted by atomic mass is 16.6. The Morgan fingerprint density at radius 2 is 2.00 bits per heavy atom. The third kappa shape index (κ3) is 3.63. The molecule has 0 saturated heterocycles. The molecule has 0 aliphatic rings. The van der Waals surface area contributed by atoms with E-state index in [1.807, 2.05) is 19.1 Å². The lowest BCUT2D eigenvalue weighted by Crippen LogP contribution is -2.29. The van der Waals surface area contributed by atoms with Gasteiger partial charge in [0, 0.05) is 12.0 Å². The summed E-state index contributed by atoms with van der Waals surface area (Å²) in [5.41, 5.74) is 3.28. The molecule has 0 bridgehead atoms. The van der Waals surface area contributed by atoms with Crippen molar-refractivity contribution in [3.05, 3.63) is 23.8 Å². The quantitative estimate of drug-likeness (QED) is 0.782. The molecular weight excluding hydrogens is 234 g/mol. The fraction of sp³-hybridized carbons (Fsp3) is 0.462.